The lowest BCUT2D eigenvalue weighted by molar-refractivity contribution is -0.114. The smallest absolute Gasteiger partial charge is 0.284 e. The van der Waals surface area contributed by atoms with Gasteiger partial charge in [-0.3, -0.25) is 9.48 Å². The molecule has 0 radical (unpaired) electrons. The number of anilines is 1. The van der Waals surface area contributed by atoms with Crippen molar-refractivity contribution in [2.45, 2.75) is 26.2 Å². The van der Waals surface area contributed by atoms with E-state index in [1.54, 1.807) is 10.7 Å². The first kappa shape index (κ1) is 10.8. The average molecular weight is 225 g/mol. The minimum absolute atomic E-state index is 0.0899. The van der Waals surface area contributed by atoms with Crippen LogP contribution in [0.5, 0.6) is 0 Å². The van der Waals surface area contributed by atoms with Gasteiger partial charge in [-0.15, -0.1) is 0 Å². The summed E-state index contributed by atoms with van der Waals surface area (Å²) < 4.78 is 19.6. The molecule has 1 unspecified atom stereocenters. The highest BCUT2D eigenvalue weighted by Gasteiger charge is 2.18. The predicted molar refractivity (Wildman–Crippen MR) is 55.4 cm³/mol. The third-order valence-electron chi connectivity index (χ3n) is 2.30. The Morgan fingerprint density at radius 1 is 1.81 bits per heavy atom. The Labute approximate surface area is 91.9 Å². The number of halogens is 1. The molecule has 1 atom stereocenters. The molecule has 0 saturated carbocycles. The lowest BCUT2D eigenvalue weighted by atomic mass is 10.3. The van der Waals surface area contributed by atoms with E-state index >= 15 is 0 Å². The third kappa shape index (κ3) is 2.11. The molecule has 1 aromatic rings. The van der Waals surface area contributed by atoms with Crippen molar-refractivity contribution in [3.63, 3.8) is 0 Å². The average Bonchev–Trinajstić information content (AvgIpc) is 2.58. The van der Waals surface area contributed by atoms with E-state index in [9.17, 15) is 9.18 Å². The maximum absolute atomic E-state index is 12.5. The third-order valence-corrected chi connectivity index (χ3v) is 2.30. The summed E-state index contributed by atoms with van der Waals surface area (Å²) in [5.41, 5.74) is 0.859. The van der Waals surface area contributed by atoms with Crippen LogP contribution < -0.4 is 5.32 Å². The van der Waals surface area contributed by atoms with Crippen molar-refractivity contribution in [1.29, 1.82) is 0 Å². The predicted octanol–water partition coefficient (Wildman–Crippen LogP) is 1.22. The van der Waals surface area contributed by atoms with Gasteiger partial charge < -0.3 is 10.1 Å². The van der Waals surface area contributed by atoms with Crippen molar-refractivity contribution >= 4 is 11.7 Å². The molecule has 0 aromatic carbocycles. The Hall–Kier alpha value is -1.69. The number of amides is 1. The van der Waals surface area contributed by atoms with Crippen LogP contribution in [-0.4, -0.2) is 21.8 Å². The van der Waals surface area contributed by atoms with Crippen LogP contribution in [0.15, 0.2) is 18.5 Å². The lowest BCUT2D eigenvalue weighted by Gasteiger charge is -2.20. The van der Waals surface area contributed by atoms with E-state index in [1.165, 1.54) is 0 Å². The molecule has 1 aliphatic heterocycles. The molecule has 1 amide bonds. The first-order valence-electron chi connectivity index (χ1n) is 4.90. The number of carbonyl (C=O) groups is 1. The minimum atomic E-state index is -1.03. The second-order valence-electron chi connectivity index (χ2n) is 3.68. The number of nitrogens with zero attached hydrogens (tertiary/aromatic N) is 2. The fourth-order valence-electron chi connectivity index (χ4n) is 1.50. The Balaban J connectivity index is 2.13. The molecular formula is C10H12FN3O2. The molecule has 16 heavy (non-hydrogen) atoms. The number of nitrogens with one attached hydrogen (secondary N) is 1. The summed E-state index contributed by atoms with van der Waals surface area (Å²) in [4.78, 5) is 11.0. The van der Waals surface area contributed by atoms with E-state index < -0.39 is 11.7 Å². The summed E-state index contributed by atoms with van der Waals surface area (Å²) in [5, 5.41) is 6.43. The second kappa shape index (κ2) is 4.05. The van der Waals surface area contributed by atoms with Gasteiger partial charge in [0.2, 0.25) is 0 Å². The number of fused-ring (bicyclic) bond motifs is 1. The molecule has 86 valence electrons. The summed E-state index contributed by atoms with van der Waals surface area (Å²) in [6.45, 7) is 5.92. The summed E-state index contributed by atoms with van der Waals surface area (Å²) in [6.07, 6.45) is 0.0899. The normalized spacial score (nSPS) is 19.0. The quantitative estimate of drug-likeness (QED) is 0.770. The van der Waals surface area contributed by atoms with Crippen molar-refractivity contribution < 1.29 is 13.9 Å². The van der Waals surface area contributed by atoms with Gasteiger partial charge in [-0.05, 0) is 6.92 Å². The number of rotatable bonds is 2. The zero-order valence-corrected chi connectivity index (χ0v) is 8.86. The highest BCUT2D eigenvalue weighted by atomic mass is 19.1. The Kier molecular flexibility index (Phi) is 2.74. The van der Waals surface area contributed by atoms with Crippen LogP contribution in [0.4, 0.5) is 10.2 Å². The van der Waals surface area contributed by atoms with Gasteiger partial charge in [-0.2, -0.15) is 5.10 Å². The Morgan fingerprint density at radius 3 is 3.25 bits per heavy atom. The number of hydrogen-bond acceptors (Lipinski definition) is 3. The first-order valence-corrected chi connectivity index (χ1v) is 4.90. The largest absolute Gasteiger partial charge is 0.370 e. The van der Waals surface area contributed by atoms with Crippen LogP contribution in [0.1, 0.15) is 12.6 Å². The van der Waals surface area contributed by atoms with Crippen LogP contribution in [-0.2, 0) is 22.7 Å². The Morgan fingerprint density at radius 2 is 2.56 bits per heavy atom. The number of ether oxygens (including phenoxy) is 1. The topological polar surface area (TPSA) is 56.2 Å². The molecule has 2 rings (SSSR count). The fourth-order valence-corrected chi connectivity index (χ4v) is 1.50. The van der Waals surface area contributed by atoms with Gasteiger partial charge in [-0.25, -0.2) is 4.39 Å². The molecule has 0 aliphatic carbocycles. The summed E-state index contributed by atoms with van der Waals surface area (Å²) in [7, 11) is 0. The standard InChI is InChI=1S/C10H12FN3O2/c1-6-4-14-8(5-16-6)3-9(13-14)12-10(15)7(2)11/h3,6H,2,4-5H2,1H3,(H,12,13,15). The molecule has 1 N–H and O–H groups in total. The number of hydrogen-bond donors (Lipinski definition) is 1. The fraction of sp³-hybridized carbons (Fsp3) is 0.400. The van der Waals surface area contributed by atoms with Gasteiger partial charge in [0.1, 0.15) is 0 Å². The maximum Gasteiger partial charge on any atom is 0.284 e. The van der Waals surface area contributed by atoms with Crippen LogP contribution in [0, 0.1) is 0 Å². The molecule has 0 saturated heterocycles. The second-order valence-corrected chi connectivity index (χ2v) is 3.68. The molecule has 2 heterocycles. The van der Waals surface area contributed by atoms with Crippen LogP contribution in [0.2, 0.25) is 0 Å². The molecule has 0 spiro atoms. The zero-order chi connectivity index (χ0) is 11.7. The number of carbonyl (C=O) groups excluding carboxylic acids is 1. The molecule has 1 aromatic heterocycles. The molecule has 5 nitrogen and oxygen atoms in total. The SMILES string of the molecule is C=C(F)C(=O)Nc1cc2n(n1)CC(C)OC2. The summed E-state index contributed by atoms with van der Waals surface area (Å²) in [5.74, 6) is -1.59. The van der Waals surface area contributed by atoms with Crippen molar-refractivity contribution in [3.8, 4) is 0 Å². The molecule has 1 aliphatic rings. The summed E-state index contributed by atoms with van der Waals surface area (Å²) in [6, 6.07) is 1.66. The monoisotopic (exact) mass is 225 g/mol. The first-order chi connectivity index (χ1) is 7.56. The molecular weight excluding hydrogens is 213 g/mol. The molecule has 6 heteroatoms. The van der Waals surface area contributed by atoms with E-state index in [1.807, 2.05) is 6.92 Å². The lowest BCUT2D eigenvalue weighted by Crippen LogP contribution is -2.24. The van der Waals surface area contributed by atoms with E-state index in [2.05, 4.69) is 17.0 Å². The van der Waals surface area contributed by atoms with Crippen molar-refractivity contribution in [2.75, 3.05) is 5.32 Å². The minimum Gasteiger partial charge on any atom is -0.370 e. The Bertz CT molecular complexity index is 441. The van der Waals surface area contributed by atoms with Crippen LogP contribution >= 0.6 is 0 Å². The maximum atomic E-state index is 12.5. The van der Waals surface area contributed by atoms with Crippen molar-refractivity contribution in [1.82, 2.24) is 9.78 Å². The number of aromatic nitrogens is 2. The zero-order valence-electron chi connectivity index (χ0n) is 8.86. The van der Waals surface area contributed by atoms with E-state index in [4.69, 9.17) is 4.74 Å². The van der Waals surface area contributed by atoms with E-state index in [0.29, 0.717) is 19.0 Å². The van der Waals surface area contributed by atoms with Gasteiger partial charge in [0.05, 0.1) is 24.9 Å². The van der Waals surface area contributed by atoms with Crippen molar-refractivity contribution in [3.05, 3.63) is 24.2 Å². The van der Waals surface area contributed by atoms with Gasteiger partial charge >= 0.3 is 0 Å². The highest BCUT2D eigenvalue weighted by Crippen LogP contribution is 2.17. The highest BCUT2D eigenvalue weighted by molar-refractivity contribution is 6.01. The van der Waals surface area contributed by atoms with Crippen molar-refractivity contribution in [2.24, 2.45) is 0 Å². The van der Waals surface area contributed by atoms with Gasteiger partial charge in [0, 0.05) is 6.07 Å². The van der Waals surface area contributed by atoms with Crippen LogP contribution in [0.3, 0.4) is 0 Å². The summed E-state index contributed by atoms with van der Waals surface area (Å²) >= 11 is 0. The van der Waals surface area contributed by atoms with Gasteiger partial charge in [0.15, 0.2) is 11.6 Å². The van der Waals surface area contributed by atoms with Gasteiger partial charge in [-0.1, -0.05) is 6.58 Å². The van der Waals surface area contributed by atoms with Crippen LogP contribution in [0.25, 0.3) is 0 Å². The molecule has 0 bridgehead atoms. The van der Waals surface area contributed by atoms with E-state index in [-0.39, 0.29) is 6.10 Å². The van der Waals surface area contributed by atoms with E-state index in [0.717, 1.165) is 5.69 Å². The molecule has 0 fully saturated rings. The van der Waals surface area contributed by atoms with Gasteiger partial charge in [0.25, 0.3) is 5.91 Å².